The van der Waals surface area contributed by atoms with Crippen LogP contribution in [0.1, 0.15) is 21.7 Å². The van der Waals surface area contributed by atoms with Crippen molar-refractivity contribution < 1.29 is 22.7 Å². The third kappa shape index (κ3) is 4.91. The number of carbonyl (C=O) groups is 1. The molecule has 2 aromatic carbocycles. The quantitative estimate of drug-likeness (QED) is 0.395. The first-order valence-corrected chi connectivity index (χ1v) is 13.7. The maximum atomic E-state index is 13.7. The van der Waals surface area contributed by atoms with Gasteiger partial charge in [-0.3, -0.25) is 4.79 Å². The molecule has 1 saturated heterocycles. The van der Waals surface area contributed by atoms with E-state index in [2.05, 4.69) is 0 Å². The van der Waals surface area contributed by atoms with Crippen molar-refractivity contribution in [1.29, 1.82) is 0 Å². The fraction of sp³-hybridized carbons (Fsp3) is 0.318. The number of benzene rings is 2. The van der Waals surface area contributed by atoms with E-state index in [0.717, 1.165) is 5.56 Å². The highest BCUT2D eigenvalue weighted by atomic mass is 35.5. The van der Waals surface area contributed by atoms with Crippen molar-refractivity contribution in [2.45, 2.75) is 19.0 Å². The zero-order chi connectivity index (χ0) is 23.9. The normalized spacial score (nSPS) is 17.3. The molecule has 0 spiro atoms. The Morgan fingerprint density at radius 3 is 2.48 bits per heavy atom. The van der Waals surface area contributed by atoms with E-state index in [-0.39, 0.29) is 29.0 Å². The Balaban J connectivity index is 1.76. The van der Waals surface area contributed by atoms with Crippen LogP contribution >= 0.6 is 46.1 Å². The number of hydrogen-bond donors (Lipinski definition) is 0. The summed E-state index contributed by atoms with van der Waals surface area (Å²) in [6.07, 6.45) is 0.358. The Kier molecular flexibility index (Phi) is 7.03. The van der Waals surface area contributed by atoms with Gasteiger partial charge < -0.3 is 14.4 Å². The Morgan fingerprint density at radius 2 is 1.85 bits per heavy atom. The first-order valence-electron chi connectivity index (χ1n) is 9.93. The third-order valence-electron chi connectivity index (χ3n) is 5.55. The highest BCUT2D eigenvalue weighted by Crippen LogP contribution is 2.42. The lowest BCUT2D eigenvalue weighted by molar-refractivity contribution is 0.0686. The number of methoxy groups -OCH3 is 2. The van der Waals surface area contributed by atoms with Gasteiger partial charge in [-0.15, -0.1) is 11.3 Å². The van der Waals surface area contributed by atoms with Gasteiger partial charge in [0, 0.05) is 27.7 Å². The summed E-state index contributed by atoms with van der Waals surface area (Å²) in [7, 11) is -0.159. The van der Waals surface area contributed by atoms with Crippen molar-refractivity contribution in [3.05, 3.63) is 55.8 Å². The van der Waals surface area contributed by atoms with Crippen LogP contribution in [0, 0.1) is 0 Å². The molecule has 0 saturated carbocycles. The van der Waals surface area contributed by atoms with Crippen LogP contribution in [0.25, 0.3) is 10.1 Å². The number of rotatable bonds is 6. The summed E-state index contributed by atoms with van der Waals surface area (Å²) < 4.78 is 35.7. The average Bonchev–Trinajstić information content (AvgIpc) is 3.30. The molecule has 1 atom stereocenters. The molecule has 0 unspecified atom stereocenters. The van der Waals surface area contributed by atoms with E-state index in [9.17, 15) is 13.2 Å². The smallest absolute Gasteiger partial charge is 0.266 e. The van der Waals surface area contributed by atoms with Crippen LogP contribution in [0.4, 0.5) is 0 Å². The first-order chi connectivity index (χ1) is 15.6. The van der Waals surface area contributed by atoms with Gasteiger partial charge in [0.15, 0.2) is 21.3 Å². The summed E-state index contributed by atoms with van der Waals surface area (Å²) in [4.78, 5) is 15.6. The Labute approximate surface area is 210 Å². The average molecular weight is 549 g/mol. The van der Waals surface area contributed by atoms with Gasteiger partial charge >= 0.3 is 0 Å². The second kappa shape index (κ2) is 9.50. The highest BCUT2D eigenvalue weighted by molar-refractivity contribution is 7.91. The van der Waals surface area contributed by atoms with E-state index in [0.29, 0.717) is 42.9 Å². The fourth-order valence-corrected chi connectivity index (χ4v) is 8.00. The Morgan fingerprint density at radius 1 is 1.12 bits per heavy atom. The number of amides is 1. The largest absolute Gasteiger partial charge is 0.493 e. The highest BCUT2D eigenvalue weighted by Gasteiger charge is 2.36. The van der Waals surface area contributed by atoms with Gasteiger partial charge in [-0.05, 0) is 36.2 Å². The summed E-state index contributed by atoms with van der Waals surface area (Å²) in [5, 5.41) is 1.59. The van der Waals surface area contributed by atoms with Crippen molar-refractivity contribution in [2.75, 3.05) is 25.7 Å². The molecule has 33 heavy (non-hydrogen) atoms. The molecule has 11 heteroatoms. The third-order valence-corrected chi connectivity index (χ3v) is 9.44. The summed E-state index contributed by atoms with van der Waals surface area (Å²) in [6, 6.07) is 8.13. The Bertz CT molecular complexity index is 1340. The lowest BCUT2D eigenvalue weighted by atomic mass is 10.1. The maximum absolute atomic E-state index is 13.7. The predicted molar refractivity (Wildman–Crippen MR) is 133 cm³/mol. The van der Waals surface area contributed by atoms with Crippen molar-refractivity contribution in [3.63, 3.8) is 0 Å². The molecule has 0 bridgehead atoms. The SMILES string of the molecule is COc1ccc(CN(C(=O)c2sc3cc(Cl)cc(Cl)c3c2Cl)[C@H]2CCS(=O)(=O)C2)cc1OC. The molecule has 0 aliphatic carbocycles. The van der Waals surface area contributed by atoms with E-state index in [1.54, 1.807) is 29.2 Å². The molecule has 0 radical (unpaired) electrons. The fourth-order valence-electron chi connectivity index (χ4n) is 3.94. The Hall–Kier alpha value is -1.71. The minimum Gasteiger partial charge on any atom is -0.493 e. The van der Waals surface area contributed by atoms with E-state index in [4.69, 9.17) is 44.3 Å². The number of ether oxygens (including phenoxy) is 2. The molecule has 3 aromatic rings. The minimum atomic E-state index is -3.23. The monoisotopic (exact) mass is 547 g/mol. The summed E-state index contributed by atoms with van der Waals surface area (Å²) in [5.74, 6) is 0.658. The summed E-state index contributed by atoms with van der Waals surface area (Å²) >= 11 is 20.2. The minimum absolute atomic E-state index is 0.0367. The molecule has 1 fully saturated rings. The molecule has 4 rings (SSSR count). The van der Waals surface area contributed by atoms with Crippen molar-refractivity contribution >= 4 is 72.0 Å². The molecule has 1 aliphatic rings. The second-order valence-electron chi connectivity index (χ2n) is 7.69. The molecule has 2 heterocycles. The summed E-state index contributed by atoms with van der Waals surface area (Å²) in [5.41, 5.74) is 0.767. The van der Waals surface area contributed by atoms with Crippen LogP contribution in [0.5, 0.6) is 11.5 Å². The number of sulfone groups is 1. The number of halogens is 3. The van der Waals surface area contributed by atoms with Crippen molar-refractivity contribution in [3.8, 4) is 11.5 Å². The van der Waals surface area contributed by atoms with Gasteiger partial charge in [0.25, 0.3) is 5.91 Å². The molecule has 1 aliphatic heterocycles. The molecule has 6 nitrogen and oxygen atoms in total. The maximum Gasteiger partial charge on any atom is 0.266 e. The second-order valence-corrected chi connectivity index (χ2v) is 12.2. The zero-order valence-corrected chi connectivity index (χ0v) is 21.6. The van der Waals surface area contributed by atoms with Gasteiger partial charge in [-0.25, -0.2) is 8.42 Å². The number of fused-ring (bicyclic) bond motifs is 1. The van der Waals surface area contributed by atoms with E-state index < -0.39 is 15.9 Å². The number of carbonyl (C=O) groups excluding carboxylic acids is 1. The molecule has 1 aromatic heterocycles. The van der Waals surface area contributed by atoms with Crippen molar-refractivity contribution in [2.24, 2.45) is 0 Å². The van der Waals surface area contributed by atoms with Crippen molar-refractivity contribution in [1.82, 2.24) is 4.90 Å². The number of nitrogens with zero attached hydrogens (tertiary/aromatic N) is 1. The topological polar surface area (TPSA) is 72.9 Å². The predicted octanol–water partition coefficient (Wildman–Crippen LogP) is 5.71. The summed E-state index contributed by atoms with van der Waals surface area (Å²) in [6.45, 7) is 0.179. The zero-order valence-electron chi connectivity index (χ0n) is 17.7. The van der Waals surface area contributed by atoms with Gasteiger partial charge in [0.2, 0.25) is 0 Å². The number of thiophene rings is 1. The standard InChI is InChI=1S/C22H20Cl3NO5S2/c1-30-16-4-3-12(7-17(16)31-2)10-26(14-5-6-33(28,29)11-14)22(27)21-20(25)19-15(24)8-13(23)9-18(19)32-21/h3-4,7-9,14H,5-6,10-11H2,1-2H3/t14-/m0/s1. The molecule has 1 amide bonds. The van der Waals surface area contributed by atoms with E-state index in [1.165, 1.54) is 25.6 Å². The van der Waals surface area contributed by atoms with Gasteiger partial charge in [-0.2, -0.15) is 0 Å². The molecule has 176 valence electrons. The first kappa shape index (κ1) is 24.4. The van der Waals surface area contributed by atoms with Crippen LogP contribution in [-0.4, -0.2) is 51.0 Å². The lowest BCUT2D eigenvalue weighted by Crippen LogP contribution is -2.40. The lowest BCUT2D eigenvalue weighted by Gasteiger charge is -2.28. The van der Waals surface area contributed by atoms with E-state index >= 15 is 0 Å². The van der Waals surface area contributed by atoms with Gasteiger partial charge in [-0.1, -0.05) is 40.9 Å². The molecule has 0 N–H and O–H groups in total. The van der Waals surface area contributed by atoms with Crippen LogP contribution in [0.2, 0.25) is 15.1 Å². The molecular weight excluding hydrogens is 529 g/mol. The number of hydrogen-bond acceptors (Lipinski definition) is 6. The van der Waals surface area contributed by atoms with Gasteiger partial charge in [0.05, 0.1) is 35.8 Å². The van der Waals surface area contributed by atoms with Crippen LogP contribution in [0.3, 0.4) is 0 Å². The molecular formula is C22H20Cl3NO5S2. The van der Waals surface area contributed by atoms with E-state index in [1.807, 2.05) is 6.07 Å². The van der Waals surface area contributed by atoms with Crippen LogP contribution in [-0.2, 0) is 16.4 Å². The van der Waals surface area contributed by atoms with Crippen LogP contribution < -0.4 is 9.47 Å². The van der Waals surface area contributed by atoms with Gasteiger partial charge in [0.1, 0.15) is 4.88 Å². The van der Waals surface area contributed by atoms with Crippen LogP contribution in [0.15, 0.2) is 30.3 Å².